The number of hydrogen-bond donors (Lipinski definition) is 4. The second-order valence-corrected chi connectivity index (χ2v) is 8.88. The number of fused-ring (bicyclic) bond motifs is 1. The molecule has 2 heterocycles. The van der Waals surface area contributed by atoms with Gasteiger partial charge in [0.1, 0.15) is 11.6 Å². The van der Waals surface area contributed by atoms with Crippen molar-refractivity contribution in [2.45, 2.75) is 6.04 Å². The molecule has 1 aliphatic heterocycles. The summed E-state index contributed by atoms with van der Waals surface area (Å²) in [5, 5.41) is 16.7. The molecule has 5 rings (SSSR count). The number of aromatic hydroxyl groups is 1. The zero-order valence-electron chi connectivity index (χ0n) is 16.0. The number of phenols is 1. The molecular formula is C23H16Br2N4O2. The van der Waals surface area contributed by atoms with Crippen LogP contribution < -0.4 is 10.6 Å². The normalized spacial score (nSPS) is 16.3. The second kappa shape index (κ2) is 7.86. The molecule has 0 saturated carbocycles. The zero-order chi connectivity index (χ0) is 21.5. The number of para-hydroxylation sites is 2. The third kappa shape index (κ3) is 3.62. The quantitative estimate of drug-likeness (QED) is 0.268. The maximum atomic E-state index is 12.7. The van der Waals surface area contributed by atoms with Gasteiger partial charge in [0, 0.05) is 15.6 Å². The first-order valence-electron chi connectivity index (χ1n) is 9.51. The lowest BCUT2D eigenvalue weighted by molar-refractivity contribution is 0.242. The lowest BCUT2D eigenvalue weighted by Crippen LogP contribution is -2.43. The van der Waals surface area contributed by atoms with Crippen LogP contribution in [-0.2, 0) is 0 Å². The summed E-state index contributed by atoms with van der Waals surface area (Å²) >= 11 is 6.88. The Labute approximate surface area is 194 Å². The second-order valence-electron chi connectivity index (χ2n) is 7.11. The molecule has 0 fully saturated rings. The van der Waals surface area contributed by atoms with Crippen LogP contribution >= 0.6 is 31.9 Å². The molecule has 0 aliphatic carbocycles. The average molecular weight is 540 g/mol. The SMILES string of the molecule is O=C1NC(c2ccccc2)=C(c2nc3ccccc3[nH]2)[C@H](c2cc(Br)cc(Br)c2O)N1. The summed E-state index contributed by atoms with van der Waals surface area (Å²) in [5.41, 5.74) is 4.43. The van der Waals surface area contributed by atoms with Gasteiger partial charge in [0.05, 0.1) is 27.2 Å². The molecule has 1 aliphatic rings. The van der Waals surface area contributed by atoms with Crippen LogP contribution in [0.3, 0.4) is 0 Å². The van der Waals surface area contributed by atoms with Crippen molar-refractivity contribution in [3.05, 3.63) is 92.6 Å². The summed E-state index contributed by atoms with van der Waals surface area (Å²) < 4.78 is 1.29. The van der Waals surface area contributed by atoms with E-state index >= 15 is 0 Å². The predicted molar refractivity (Wildman–Crippen MR) is 127 cm³/mol. The lowest BCUT2D eigenvalue weighted by atomic mass is 9.91. The smallest absolute Gasteiger partial charge is 0.320 e. The largest absolute Gasteiger partial charge is 0.506 e. The molecule has 1 aromatic heterocycles. The summed E-state index contributed by atoms with van der Waals surface area (Å²) in [7, 11) is 0. The Bertz CT molecular complexity index is 1320. The fraction of sp³-hybridized carbons (Fsp3) is 0.0435. The van der Waals surface area contributed by atoms with Crippen LogP contribution in [0.4, 0.5) is 4.79 Å². The van der Waals surface area contributed by atoms with Crippen LogP contribution in [0.25, 0.3) is 22.3 Å². The number of urea groups is 1. The van der Waals surface area contributed by atoms with E-state index in [4.69, 9.17) is 4.98 Å². The van der Waals surface area contributed by atoms with Crippen molar-refractivity contribution < 1.29 is 9.90 Å². The number of amides is 2. The highest BCUT2D eigenvalue weighted by molar-refractivity contribution is 9.11. The van der Waals surface area contributed by atoms with Crippen molar-refractivity contribution >= 4 is 60.2 Å². The number of aromatic amines is 1. The maximum absolute atomic E-state index is 12.7. The van der Waals surface area contributed by atoms with Gasteiger partial charge in [-0.15, -0.1) is 0 Å². The minimum Gasteiger partial charge on any atom is -0.506 e. The number of nitrogens with one attached hydrogen (secondary N) is 3. The summed E-state index contributed by atoms with van der Waals surface area (Å²) in [6.07, 6.45) is 0. The van der Waals surface area contributed by atoms with Crippen LogP contribution in [0.15, 0.2) is 75.7 Å². The highest BCUT2D eigenvalue weighted by Gasteiger charge is 2.34. The molecule has 0 unspecified atom stereocenters. The van der Waals surface area contributed by atoms with Gasteiger partial charge in [-0.25, -0.2) is 9.78 Å². The maximum Gasteiger partial charge on any atom is 0.320 e. The standard InChI is InChI=1S/C23H16Br2N4O2/c24-13-10-14(21(30)15(25)11-13)20-18(22-26-16-8-4-5-9-17(16)27-22)19(28-23(31)29-20)12-6-2-1-3-7-12/h1-11,20,30H,(H,26,27)(H2,28,29,31)/t20-/m0/s1. The Morgan fingerprint density at radius 3 is 2.48 bits per heavy atom. The van der Waals surface area contributed by atoms with Crippen LogP contribution in [0, 0.1) is 0 Å². The first kappa shape index (κ1) is 19.8. The van der Waals surface area contributed by atoms with E-state index in [1.54, 1.807) is 12.1 Å². The van der Waals surface area contributed by atoms with Crippen LogP contribution in [0.5, 0.6) is 5.75 Å². The Kier molecular flexibility index (Phi) is 5.03. The van der Waals surface area contributed by atoms with E-state index in [0.29, 0.717) is 21.6 Å². The van der Waals surface area contributed by atoms with Gasteiger partial charge in [-0.1, -0.05) is 58.4 Å². The van der Waals surface area contributed by atoms with E-state index < -0.39 is 6.04 Å². The highest BCUT2D eigenvalue weighted by atomic mass is 79.9. The van der Waals surface area contributed by atoms with E-state index in [1.807, 2.05) is 54.6 Å². The molecule has 8 heteroatoms. The van der Waals surface area contributed by atoms with Gasteiger partial charge in [-0.2, -0.15) is 0 Å². The monoisotopic (exact) mass is 538 g/mol. The number of benzene rings is 3. The molecule has 31 heavy (non-hydrogen) atoms. The Morgan fingerprint density at radius 1 is 0.968 bits per heavy atom. The van der Waals surface area contributed by atoms with E-state index in [1.165, 1.54) is 0 Å². The van der Waals surface area contributed by atoms with Crippen LogP contribution in [0.2, 0.25) is 0 Å². The number of H-pyrrole nitrogens is 1. The van der Waals surface area contributed by atoms with Gasteiger partial charge in [-0.3, -0.25) is 0 Å². The number of halogens is 2. The summed E-state index contributed by atoms with van der Waals surface area (Å²) in [6, 6.07) is 19.9. The van der Waals surface area contributed by atoms with Gasteiger partial charge >= 0.3 is 6.03 Å². The number of carbonyl (C=O) groups excluding carboxylic acids is 1. The van der Waals surface area contributed by atoms with Gasteiger partial charge < -0.3 is 20.7 Å². The fourth-order valence-corrected chi connectivity index (χ4v) is 5.03. The third-order valence-electron chi connectivity index (χ3n) is 5.15. The summed E-state index contributed by atoms with van der Waals surface area (Å²) in [4.78, 5) is 20.8. The van der Waals surface area contributed by atoms with Crippen molar-refractivity contribution in [1.29, 1.82) is 0 Å². The molecule has 4 N–H and O–H groups in total. The van der Waals surface area contributed by atoms with E-state index in [9.17, 15) is 9.90 Å². The number of aromatic nitrogens is 2. The predicted octanol–water partition coefficient (Wildman–Crippen LogP) is 5.72. The summed E-state index contributed by atoms with van der Waals surface area (Å²) in [6.45, 7) is 0. The van der Waals surface area contributed by atoms with Gasteiger partial charge in [-0.05, 0) is 45.8 Å². The molecular weight excluding hydrogens is 524 g/mol. The van der Waals surface area contributed by atoms with E-state index in [-0.39, 0.29) is 11.8 Å². The Morgan fingerprint density at radius 2 is 1.71 bits per heavy atom. The topological polar surface area (TPSA) is 90.0 Å². The van der Waals surface area contributed by atoms with E-state index in [2.05, 4.69) is 47.5 Å². The van der Waals surface area contributed by atoms with Gasteiger partial charge in [0.25, 0.3) is 0 Å². The van der Waals surface area contributed by atoms with Gasteiger partial charge in [0.2, 0.25) is 0 Å². The number of phenolic OH excluding ortho intramolecular Hbond substituents is 1. The van der Waals surface area contributed by atoms with Crippen molar-refractivity contribution in [1.82, 2.24) is 20.6 Å². The lowest BCUT2D eigenvalue weighted by Gasteiger charge is -2.30. The number of carbonyl (C=O) groups is 1. The molecule has 6 nitrogen and oxygen atoms in total. The molecule has 0 spiro atoms. The van der Waals surface area contributed by atoms with Crippen molar-refractivity contribution in [3.63, 3.8) is 0 Å². The molecule has 1 atom stereocenters. The number of rotatable bonds is 3. The molecule has 154 valence electrons. The fourth-order valence-electron chi connectivity index (χ4n) is 3.77. The van der Waals surface area contributed by atoms with Crippen molar-refractivity contribution in [2.75, 3.05) is 0 Å². The highest BCUT2D eigenvalue weighted by Crippen LogP contribution is 2.43. The van der Waals surface area contributed by atoms with Crippen molar-refractivity contribution in [2.24, 2.45) is 0 Å². The zero-order valence-corrected chi connectivity index (χ0v) is 19.2. The third-order valence-corrected chi connectivity index (χ3v) is 6.21. The molecule has 4 aromatic rings. The minimum absolute atomic E-state index is 0.0522. The number of nitrogens with zero attached hydrogens (tertiary/aromatic N) is 1. The summed E-state index contributed by atoms with van der Waals surface area (Å²) in [5.74, 6) is 0.657. The first-order valence-corrected chi connectivity index (χ1v) is 11.1. The molecule has 0 bridgehead atoms. The van der Waals surface area contributed by atoms with E-state index in [0.717, 1.165) is 26.6 Å². The molecule has 2 amide bonds. The number of hydrogen-bond acceptors (Lipinski definition) is 3. The molecule has 0 saturated heterocycles. The van der Waals surface area contributed by atoms with Crippen LogP contribution in [0.1, 0.15) is 23.0 Å². The minimum atomic E-state index is -0.640. The van der Waals surface area contributed by atoms with Gasteiger partial charge in [0.15, 0.2) is 0 Å². The molecule has 0 radical (unpaired) electrons. The first-order chi connectivity index (χ1) is 15.0. The average Bonchev–Trinajstić information content (AvgIpc) is 3.20. The molecule has 3 aromatic carbocycles. The Balaban J connectivity index is 1.81. The van der Waals surface area contributed by atoms with Crippen molar-refractivity contribution in [3.8, 4) is 5.75 Å². The Hall–Kier alpha value is -3.10. The number of imidazole rings is 1. The van der Waals surface area contributed by atoms with Crippen LogP contribution in [-0.4, -0.2) is 21.1 Å².